The van der Waals surface area contributed by atoms with Crippen molar-refractivity contribution in [1.82, 2.24) is 20.1 Å². The number of benzene rings is 1. The number of carbonyl (C=O) groups excluding carboxylic acids is 1. The molecular formula is C18H24ClN5O. The highest BCUT2D eigenvalue weighted by Crippen LogP contribution is 2.24. The average Bonchev–Trinajstić information content (AvgIpc) is 2.98. The summed E-state index contributed by atoms with van der Waals surface area (Å²) >= 11 is 6.18. The Morgan fingerprint density at radius 3 is 2.84 bits per heavy atom. The van der Waals surface area contributed by atoms with Crippen LogP contribution in [0.25, 0.3) is 0 Å². The molecule has 1 aromatic carbocycles. The van der Waals surface area contributed by atoms with Gasteiger partial charge in [0.1, 0.15) is 0 Å². The molecular weight excluding hydrogens is 338 g/mol. The van der Waals surface area contributed by atoms with E-state index >= 15 is 0 Å². The van der Waals surface area contributed by atoms with Crippen LogP contribution in [0.15, 0.2) is 24.3 Å². The van der Waals surface area contributed by atoms with Crippen LogP contribution >= 0.6 is 11.6 Å². The molecule has 2 aromatic rings. The maximum Gasteiger partial charge on any atom is 0.229 e. The maximum absolute atomic E-state index is 12.5. The monoisotopic (exact) mass is 361 g/mol. The molecule has 2 heterocycles. The number of nitrogens with one attached hydrogen (secondary N) is 2. The normalized spacial score (nSPS) is 16.6. The highest BCUT2D eigenvalue weighted by Gasteiger charge is 2.22. The van der Waals surface area contributed by atoms with Crippen LogP contribution in [0.2, 0.25) is 5.02 Å². The van der Waals surface area contributed by atoms with Gasteiger partial charge in [0.15, 0.2) is 5.82 Å². The second kappa shape index (κ2) is 7.97. The van der Waals surface area contributed by atoms with Gasteiger partial charge in [-0.1, -0.05) is 36.7 Å². The predicted molar refractivity (Wildman–Crippen MR) is 98.8 cm³/mol. The Labute approximate surface area is 153 Å². The molecule has 0 aliphatic carbocycles. The molecule has 1 unspecified atom stereocenters. The van der Waals surface area contributed by atoms with E-state index in [-0.39, 0.29) is 11.8 Å². The van der Waals surface area contributed by atoms with E-state index in [1.165, 1.54) is 0 Å². The second-order valence-corrected chi connectivity index (χ2v) is 7.03. The van der Waals surface area contributed by atoms with E-state index in [0.29, 0.717) is 23.3 Å². The summed E-state index contributed by atoms with van der Waals surface area (Å²) in [5.74, 6) is 1.40. The quantitative estimate of drug-likeness (QED) is 0.859. The number of carbonyl (C=O) groups is 1. The van der Waals surface area contributed by atoms with Crippen LogP contribution in [-0.2, 0) is 18.3 Å². The van der Waals surface area contributed by atoms with Gasteiger partial charge in [0.05, 0.1) is 0 Å². The molecule has 25 heavy (non-hydrogen) atoms. The molecule has 134 valence electrons. The molecule has 0 bridgehead atoms. The Hall–Kier alpha value is -1.92. The van der Waals surface area contributed by atoms with Crippen LogP contribution in [0.1, 0.15) is 37.1 Å². The zero-order valence-electron chi connectivity index (χ0n) is 14.6. The summed E-state index contributed by atoms with van der Waals surface area (Å²) in [5.41, 5.74) is 0.972. The first-order valence-electron chi connectivity index (χ1n) is 8.70. The second-order valence-electron chi connectivity index (χ2n) is 6.63. The SMILES string of the molecule is CC(Cc1ccccc1Cl)C(=O)Nc1nc(C2CCNCC2)nn1C. The Morgan fingerprint density at radius 2 is 2.12 bits per heavy atom. The minimum atomic E-state index is -0.209. The number of anilines is 1. The lowest BCUT2D eigenvalue weighted by Gasteiger charge is -2.19. The zero-order valence-corrected chi connectivity index (χ0v) is 15.4. The number of aromatic nitrogens is 3. The summed E-state index contributed by atoms with van der Waals surface area (Å²) < 4.78 is 1.65. The highest BCUT2D eigenvalue weighted by atomic mass is 35.5. The summed E-state index contributed by atoms with van der Waals surface area (Å²) in [6.07, 6.45) is 2.64. The summed E-state index contributed by atoms with van der Waals surface area (Å²) in [6.45, 7) is 3.86. The molecule has 1 aliphatic heterocycles. The summed E-state index contributed by atoms with van der Waals surface area (Å²) in [6, 6.07) is 7.61. The van der Waals surface area contributed by atoms with Gasteiger partial charge >= 0.3 is 0 Å². The fraction of sp³-hybridized carbons (Fsp3) is 0.500. The molecule has 1 saturated heterocycles. The van der Waals surface area contributed by atoms with Crippen molar-refractivity contribution in [2.75, 3.05) is 18.4 Å². The molecule has 3 rings (SSSR count). The molecule has 1 amide bonds. The first-order chi connectivity index (χ1) is 12.0. The molecule has 1 aliphatic rings. The fourth-order valence-corrected chi connectivity index (χ4v) is 3.30. The van der Waals surface area contributed by atoms with E-state index in [1.54, 1.807) is 4.68 Å². The lowest BCUT2D eigenvalue weighted by Crippen LogP contribution is -2.27. The molecule has 2 N–H and O–H groups in total. The number of rotatable bonds is 5. The number of aryl methyl sites for hydroxylation is 1. The van der Waals surface area contributed by atoms with Crippen molar-refractivity contribution in [1.29, 1.82) is 0 Å². The number of hydrogen-bond acceptors (Lipinski definition) is 4. The fourth-order valence-electron chi connectivity index (χ4n) is 3.09. The van der Waals surface area contributed by atoms with Crippen molar-refractivity contribution < 1.29 is 4.79 Å². The molecule has 1 atom stereocenters. The summed E-state index contributed by atoms with van der Waals surface area (Å²) in [5, 5.41) is 11.4. The first kappa shape index (κ1) is 17.9. The topological polar surface area (TPSA) is 71.8 Å². The van der Waals surface area contributed by atoms with Crippen LogP contribution in [-0.4, -0.2) is 33.8 Å². The number of nitrogens with zero attached hydrogens (tertiary/aromatic N) is 3. The minimum Gasteiger partial charge on any atom is -0.317 e. The molecule has 7 heteroatoms. The van der Waals surface area contributed by atoms with Crippen LogP contribution in [0.3, 0.4) is 0 Å². The molecule has 0 saturated carbocycles. The Morgan fingerprint density at radius 1 is 1.40 bits per heavy atom. The predicted octanol–water partition coefficient (Wildman–Crippen LogP) is 2.75. The lowest BCUT2D eigenvalue weighted by molar-refractivity contribution is -0.119. The number of amides is 1. The van der Waals surface area contributed by atoms with E-state index in [9.17, 15) is 4.79 Å². The Balaban J connectivity index is 1.64. The standard InChI is InChI=1S/C18H24ClN5O/c1-12(11-14-5-3-4-6-15(14)19)17(25)22-18-21-16(23-24(18)2)13-7-9-20-10-8-13/h3-6,12-13,20H,7-11H2,1-2H3,(H,21,22,23,25). The minimum absolute atomic E-state index is 0.0766. The van der Waals surface area contributed by atoms with Gasteiger partial charge in [0.2, 0.25) is 11.9 Å². The molecule has 1 fully saturated rings. The summed E-state index contributed by atoms with van der Waals surface area (Å²) in [7, 11) is 1.81. The molecule has 1 aromatic heterocycles. The van der Waals surface area contributed by atoms with Crippen molar-refractivity contribution in [2.24, 2.45) is 13.0 Å². The molecule has 6 nitrogen and oxygen atoms in total. The Kier molecular flexibility index (Phi) is 5.71. The van der Waals surface area contributed by atoms with Gasteiger partial charge in [-0.3, -0.25) is 10.1 Å². The number of piperidine rings is 1. The van der Waals surface area contributed by atoms with Crippen molar-refractivity contribution >= 4 is 23.5 Å². The van der Waals surface area contributed by atoms with E-state index in [4.69, 9.17) is 11.6 Å². The highest BCUT2D eigenvalue weighted by molar-refractivity contribution is 6.31. The van der Waals surface area contributed by atoms with Gasteiger partial charge in [0.25, 0.3) is 0 Å². The van der Waals surface area contributed by atoms with E-state index < -0.39 is 0 Å². The number of hydrogen-bond donors (Lipinski definition) is 2. The van der Waals surface area contributed by atoms with Crippen LogP contribution < -0.4 is 10.6 Å². The largest absolute Gasteiger partial charge is 0.317 e. The summed E-state index contributed by atoms with van der Waals surface area (Å²) in [4.78, 5) is 17.1. The zero-order chi connectivity index (χ0) is 17.8. The lowest BCUT2D eigenvalue weighted by atomic mass is 9.98. The van der Waals surface area contributed by atoms with Crippen LogP contribution in [0, 0.1) is 5.92 Å². The van der Waals surface area contributed by atoms with Crippen molar-refractivity contribution in [3.05, 3.63) is 40.7 Å². The third kappa shape index (κ3) is 4.38. The maximum atomic E-state index is 12.5. The van der Waals surface area contributed by atoms with E-state index in [0.717, 1.165) is 37.3 Å². The van der Waals surface area contributed by atoms with E-state index in [2.05, 4.69) is 20.7 Å². The average molecular weight is 362 g/mol. The Bertz CT molecular complexity index is 739. The van der Waals surface area contributed by atoms with E-state index in [1.807, 2.05) is 38.2 Å². The van der Waals surface area contributed by atoms with Gasteiger partial charge in [-0.05, 0) is 44.0 Å². The first-order valence-corrected chi connectivity index (χ1v) is 9.08. The third-order valence-corrected chi connectivity index (χ3v) is 5.02. The van der Waals surface area contributed by atoms with Crippen molar-refractivity contribution in [2.45, 2.75) is 32.1 Å². The van der Waals surface area contributed by atoms with Crippen LogP contribution in [0.5, 0.6) is 0 Å². The van der Waals surface area contributed by atoms with Gasteiger partial charge in [0, 0.05) is 23.9 Å². The number of halogens is 1. The van der Waals surface area contributed by atoms with Gasteiger partial charge < -0.3 is 5.32 Å². The van der Waals surface area contributed by atoms with Gasteiger partial charge in [-0.25, -0.2) is 4.68 Å². The van der Waals surface area contributed by atoms with Crippen LogP contribution in [0.4, 0.5) is 5.95 Å². The molecule has 0 spiro atoms. The van der Waals surface area contributed by atoms with Gasteiger partial charge in [-0.15, -0.1) is 0 Å². The van der Waals surface area contributed by atoms with Crippen molar-refractivity contribution in [3.8, 4) is 0 Å². The molecule has 0 radical (unpaired) electrons. The smallest absolute Gasteiger partial charge is 0.229 e. The third-order valence-electron chi connectivity index (χ3n) is 4.65. The van der Waals surface area contributed by atoms with Gasteiger partial charge in [-0.2, -0.15) is 10.1 Å². The van der Waals surface area contributed by atoms with Crippen molar-refractivity contribution in [3.63, 3.8) is 0 Å².